The highest BCUT2D eigenvalue weighted by molar-refractivity contribution is 5.88. The van der Waals surface area contributed by atoms with Crippen molar-refractivity contribution in [2.24, 2.45) is 0 Å². The molecule has 1 atom stereocenters. The number of nitrogens with zero attached hydrogens (tertiary/aromatic N) is 2. The van der Waals surface area contributed by atoms with Crippen LogP contribution in [0.4, 0.5) is 27.7 Å². The first-order chi connectivity index (χ1) is 16.1. The summed E-state index contributed by atoms with van der Waals surface area (Å²) in [7, 11) is 1.63. The van der Waals surface area contributed by atoms with E-state index in [2.05, 4.69) is 10.6 Å². The molecular weight excluding hydrogens is 428 g/mol. The van der Waals surface area contributed by atoms with Crippen LogP contribution in [0.1, 0.15) is 45.6 Å². The number of quaternary nitrogens is 1. The van der Waals surface area contributed by atoms with Crippen LogP contribution in [0, 0.1) is 5.21 Å². The van der Waals surface area contributed by atoms with Gasteiger partial charge < -0.3 is 20.6 Å². The third-order valence-corrected chi connectivity index (χ3v) is 6.61. The minimum absolute atomic E-state index is 0.439. The van der Waals surface area contributed by atoms with E-state index in [9.17, 15) is 10.0 Å². The van der Waals surface area contributed by atoms with Crippen molar-refractivity contribution < 1.29 is 9.53 Å². The second-order valence-corrected chi connectivity index (χ2v) is 10.3. The largest absolute Gasteiger partial charge is 0.622 e. The van der Waals surface area contributed by atoms with Gasteiger partial charge in [0, 0.05) is 17.7 Å². The average Bonchev–Trinajstić information content (AvgIpc) is 2.75. The van der Waals surface area contributed by atoms with Gasteiger partial charge in [-0.3, -0.25) is 4.65 Å². The Kier molecular flexibility index (Phi) is 5.15. The highest BCUT2D eigenvalue weighted by Gasteiger charge is 2.43. The molecule has 2 N–H and O–H groups in total. The lowest BCUT2D eigenvalue weighted by Crippen LogP contribution is -2.52. The molecule has 1 fully saturated rings. The van der Waals surface area contributed by atoms with Crippen molar-refractivity contribution in [2.45, 2.75) is 51.2 Å². The number of carbonyl (C=O) groups excluding carboxylic acids is 1. The van der Waals surface area contributed by atoms with Gasteiger partial charge in [-0.2, -0.15) is 0 Å². The first kappa shape index (κ1) is 22.4. The van der Waals surface area contributed by atoms with Crippen molar-refractivity contribution in [3.8, 4) is 11.3 Å². The number of nitrogens with one attached hydrogen (secondary N) is 2. The van der Waals surface area contributed by atoms with Gasteiger partial charge in [-0.25, -0.2) is 9.78 Å². The molecule has 2 heterocycles. The van der Waals surface area contributed by atoms with E-state index < -0.39 is 21.9 Å². The Hall–Kier alpha value is -3.42. The molecule has 34 heavy (non-hydrogen) atoms. The lowest BCUT2D eigenvalue weighted by Gasteiger charge is -2.46. The maximum absolute atomic E-state index is 14.0. The molecule has 1 aromatic heterocycles. The summed E-state index contributed by atoms with van der Waals surface area (Å²) in [6.07, 6.45) is 2.17. The predicted octanol–water partition coefficient (Wildman–Crippen LogP) is 6.48. The van der Waals surface area contributed by atoms with E-state index in [0.29, 0.717) is 17.2 Å². The monoisotopic (exact) mass is 458 g/mol. The number of anilines is 2. The summed E-state index contributed by atoms with van der Waals surface area (Å²) >= 11 is 0. The van der Waals surface area contributed by atoms with Gasteiger partial charge in [-0.15, -0.1) is 0 Å². The van der Waals surface area contributed by atoms with Crippen LogP contribution in [0.15, 0.2) is 60.7 Å². The van der Waals surface area contributed by atoms with Crippen molar-refractivity contribution in [2.75, 3.05) is 12.4 Å². The quantitative estimate of drug-likeness (QED) is 0.347. The number of benzene rings is 2. The highest BCUT2D eigenvalue weighted by atomic mass is 16.6. The molecule has 2 aromatic carbocycles. The second-order valence-electron chi connectivity index (χ2n) is 10.3. The van der Waals surface area contributed by atoms with E-state index in [1.807, 2.05) is 81.4 Å². The third kappa shape index (κ3) is 3.91. The minimum Gasteiger partial charge on any atom is -0.622 e. The molecule has 0 bridgehead atoms. The van der Waals surface area contributed by atoms with Gasteiger partial charge in [0.15, 0.2) is 17.2 Å². The van der Waals surface area contributed by atoms with E-state index in [1.54, 1.807) is 7.05 Å². The molecule has 1 unspecified atom stereocenters. The summed E-state index contributed by atoms with van der Waals surface area (Å²) in [6, 6.07) is 19.4. The van der Waals surface area contributed by atoms with E-state index in [-0.39, 0.29) is 0 Å². The summed E-state index contributed by atoms with van der Waals surface area (Å²) in [6.45, 7) is 5.54. The normalized spacial score (nSPS) is 20.3. The number of hydroxylamine groups is 1. The molecule has 7 nitrogen and oxygen atoms in total. The van der Waals surface area contributed by atoms with Crippen molar-refractivity contribution in [1.29, 1.82) is 0 Å². The molecular formula is C27H30N4O3. The first-order valence-electron chi connectivity index (χ1n) is 11.7. The Labute approximate surface area is 199 Å². The third-order valence-electron chi connectivity index (χ3n) is 6.61. The maximum Gasteiger partial charge on any atom is 0.408 e. The first-order valence-corrected chi connectivity index (χ1v) is 11.7. The standard InChI is InChI=1S/C27H30N4O3/c1-26(2,3)34-25(32)30-27(15-8-16-27)19-11-12-21-23(17-19)31(4,33)22-14-13-20(28-24(22)29-21)18-9-6-5-7-10-18/h5-7,9-14,17H,8,15-16H2,1-4H3,(H,28,29)(H,30,32). The lowest BCUT2D eigenvalue weighted by atomic mass is 9.71. The number of carbonyl (C=O) groups is 1. The van der Waals surface area contributed by atoms with Crippen molar-refractivity contribution in [3.05, 3.63) is 71.4 Å². The Morgan fingerprint density at radius 3 is 2.47 bits per heavy atom. The number of ether oxygens (including phenoxy) is 1. The average molecular weight is 459 g/mol. The lowest BCUT2D eigenvalue weighted by molar-refractivity contribution is 0.0377. The fourth-order valence-electron chi connectivity index (χ4n) is 4.72. The van der Waals surface area contributed by atoms with Gasteiger partial charge in [-0.1, -0.05) is 36.4 Å². The molecule has 1 amide bonds. The van der Waals surface area contributed by atoms with Crippen LogP contribution in [-0.4, -0.2) is 23.7 Å². The fourth-order valence-corrected chi connectivity index (χ4v) is 4.72. The van der Waals surface area contributed by atoms with Gasteiger partial charge in [0.1, 0.15) is 11.3 Å². The van der Waals surface area contributed by atoms with Gasteiger partial charge in [0.2, 0.25) is 0 Å². The van der Waals surface area contributed by atoms with Crippen molar-refractivity contribution >= 4 is 29.0 Å². The van der Waals surface area contributed by atoms with Crippen LogP contribution in [-0.2, 0) is 10.3 Å². The van der Waals surface area contributed by atoms with E-state index >= 15 is 0 Å². The Bertz CT molecular complexity index is 1240. The molecule has 0 spiro atoms. The Balaban J connectivity index is 1.48. The zero-order valence-electron chi connectivity index (χ0n) is 20.0. The van der Waals surface area contributed by atoms with Crippen LogP contribution in [0.2, 0.25) is 0 Å². The Morgan fingerprint density at radius 2 is 1.82 bits per heavy atom. The molecule has 176 valence electrons. The van der Waals surface area contributed by atoms with E-state index in [1.165, 1.54) is 0 Å². The van der Waals surface area contributed by atoms with E-state index in [0.717, 1.165) is 41.8 Å². The van der Waals surface area contributed by atoms with Crippen LogP contribution < -0.4 is 15.3 Å². The molecule has 1 aliphatic heterocycles. The van der Waals surface area contributed by atoms with Gasteiger partial charge >= 0.3 is 6.09 Å². The van der Waals surface area contributed by atoms with Crippen LogP contribution in [0.25, 0.3) is 11.3 Å². The number of fused-ring (bicyclic) bond motifs is 2. The van der Waals surface area contributed by atoms with Crippen molar-refractivity contribution in [1.82, 2.24) is 14.9 Å². The molecule has 1 aliphatic carbocycles. The molecule has 7 heteroatoms. The maximum atomic E-state index is 14.0. The molecule has 2 aliphatic rings. The molecule has 0 saturated heterocycles. The number of hydrogen-bond donors (Lipinski definition) is 2. The fraction of sp³-hybridized carbons (Fsp3) is 0.333. The zero-order valence-corrected chi connectivity index (χ0v) is 20.0. The predicted molar refractivity (Wildman–Crippen MR) is 135 cm³/mol. The zero-order chi connectivity index (χ0) is 24.1. The summed E-state index contributed by atoms with van der Waals surface area (Å²) in [5.74, 6) is 0.560. The topological polar surface area (TPSA) is 86.3 Å². The Morgan fingerprint density at radius 1 is 1.09 bits per heavy atom. The summed E-state index contributed by atoms with van der Waals surface area (Å²) in [5, 5.41) is 20.4. The molecule has 1 saturated carbocycles. The number of pyridine rings is 1. The summed E-state index contributed by atoms with van der Waals surface area (Å²) < 4.78 is 4.82. The highest BCUT2D eigenvalue weighted by Crippen LogP contribution is 2.50. The number of hydrogen-bond acceptors (Lipinski definition) is 5. The summed E-state index contributed by atoms with van der Waals surface area (Å²) in [5.41, 5.74) is 3.49. The summed E-state index contributed by atoms with van der Waals surface area (Å²) in [4.78, 5) is 17.3. The SMILES string of the molecule is CC(C)(C)OC(=O)NC1(c2ccc3c(c2)[N+](C)([O-])c2ccc(-c4ccccc4)nc2N3)CCC1. The number of rotatable bonds is 3. The van der Waals surface area contributed by atoms with Gasteiger partial charge in [-0.05, 0) is 57.7 Å². The van der Waals surface area contributed by atoms with E-state index in [4.69, 9.17) is 9.72 Å². The van der Waals surface area contributed by atoms with Crippen LogP contribution in [0.5, 0.6) is 0 Å². The smallest absolute Gasteiger partial charge is 0.408 e. The van der Waals surface area contributed by atoms with Gasteiger partial charge in [0.25, 0.3) is 0 Å². The van der Waals surface area contributed by atoms with Crippen molar-refractivity contribution in [3.63, 3.8) is 0 Å². The van der Waals surface area contributed by atoms with Gasteiger partial charge in [0.05, 0.1) is 18.3 Å². The number of amides is 1. The van der Waals surface area contributed by atoms with Crippen LogP contribution >= 0.6 is 0 Å². The molecule has 3 aromatic rings. The van der Waals surface area contributed by atoms with Crippen LogP contribution in [0.3, 0.4) is 0 Å². The molecule has 0 radical (unpaired) electrons. The minimum atomic E-state index is -0.684. The number of aromatic nitrogens is 1. The number of alkyl carbamates (subject to hydrolysis) is 1. The molecule has 5 rings (SSSR count). The second kappa shape index (κ2) is 7.82.